The number of rotatable bonds is 6. The second-order valence-corrected chi connectivity index (χ2v) is 4.48. The molecule has 1 unspecified atom stereocenters. The maximum Gasteiger partial charge on any atom is 0.00669 e. The molecule has 0 aromatic rings. The van der Waals surface area contributed by atoms with E-state index >= 15 is 0 Å². The molecule has 0 aromatic heterocycles. The highest BCUT2D eigenvalue weighted by molar-refractivity contribution is 4.72. The van der Waals surface area contributed by atoms with Gasteiger partial charge in [0.05, 0.1) is 0 Å². The minimum atomic E-state index is 0.829. The highest BCUT2D eigenvalue weighted by Crippen LogP contribution is 2.15. The fourth-order valence-corrected chi connectivity index (χ4v) is 2.20. The van der Waals surface area contributed by atoms with Gasteiger partial charge >= 0.3 is 0 Å². The smallest absolute Gasteiger partial charge is 0.00669 e. The van der Waals surface area contributed by atoms with Gasteiger partial charge in [0.1, 0.15) is 0 Å². The zero-order valence-corrected chi connectivity index (χ0v) is 9.89. The number of piperidine rings is 1. The molecule has 0 amide bonds. The van der Waals surface area contributed by atoms with Crippen molar-refractivity contribution >= 4 is 0 Å². The van der Waals surface area contributed by atoms with Crippen LogP contribution in [0.4, 0.5) is 0 Å². The molecule has 0 saturated carbocycles. The summed E-state index contributed by atoms with van der Waals surface area (Å²) in [4.78, 5) is 2.65. The molecule has 1 aliphatic heterocycles. The summed E-state index contributed by atoms with van der Waals surface area (Å²) in [6, 6.07) is 0.829. The van der Waals surface area contributed by atoms with Crippen molar-refractivity contribution in [2.45, 2.75) is 52.0 Å². The van der Waals surface area contributed by atoms with E-state index in [1.807, 2.05) is 0 Å². The van der Waals surface area contributed by atoms with Crippen molar-refractivity contribution in [3.8, 4) is 0 Å². The number of hydrogen-bond acceptors (Lipinski definition) is 2. The van der Waals surface area contributed by atoms with E-state index < -0.39 is 0 Å². The second kappa shape index (κ2) is 7.24. The van der Waals surface area contributed by atoms with Gasteiger partial charge < -0.3 is 10.2 Å². The summed E-state index contributed by atoms with van der Waals surface area (Å²) in [5.74, 6) is 0. The molecule has 1 heterocycles. The van der Waals surface area contributed by atoms with Crippen LogP contribution in [0.15, 0.2) is 0 Å². The van der Waals surface area contributed by atoms with Gasteiger partial charge in [-0.05, 0) is 58.8 Å². The summed E-state index contributed by atoms with van der Waals surface area (Å²) >= 11 is 0. The Bertz CT molecular complexity index is 136. The van der Waals surface area contributed by atoms with Crippen molar-refractivity contribution in [2.75, 3.05) is 26.2 Å². The molecule has 0 radical (unpaired) electrons. The Balaban J connectivity index is 1.99. The van der Waals surface area contributed by atoms with Crippen LogP contribution in [-0.2, 0) is 0 Å². The lowest BCUT2D eigenvalue weighted by molar-refractivity contribution is 0.159. The van der Waals surface area contributed by atoms with E-state index in [0.717, 1.165) is 6.04 Å². The van der Waals surface area contributed by atoms with Crippen LogP contribution in [-0.4, -0.2) is 37.1 Å². The van der Waals surface area contributed by atoms with Crippen molar-refractivity contribution < 1.29 is 0 Å². The second-order valence-electron chi connectivity index (χ2n) is 4.48. The van der Waals surface area contributed by atoms with E-state index in [4.69, 9.17) is 0 Å². The van der Waals surface area contributed by atoms with Gasteiger partial charge in [-0.2, -0.15) is 0 Å². The van der Waals surface area contributed by atoms with E-state index in [9.17, 15) is 0 Å². The fraction of sp³-hybridized carbons (Fsp3) is 1.00. The minimum Gasteiger partial charge on any atom is -0.317 e. The topological polar surface area (TPSA) is 15.3 Å². The van der Waals surface area contributed by atoms with Gasteiger partial charge in [0, 0.05) is 6.04 Å². The molecule has 0 bridgehead atoms. The molecule has 1 N–H and O–H groups in total. The molecule has 0 spiro atoms. The van der Waals surface area contributed by atoms with Gasteiger partial charge in [0.25, 0.3) is 0 Å². The van der Waals surface area contributed by atoms with Gasteiger partial charge in [-0.3, -0.25) is 0 Å². The summed E-state index contributed by atoms with van der Waals surface area (Å²) in [7, 11) is 0. The normalized spacial score (nSPS) is 24.0. The summed E-state index contributed by atoms with van der Waals surface area (Å²) in [5.41, 5.74) is 0. The van der Waals surface area contributed by atoms with Gasteiger partial charge in [-0.25, -0.2) is 0 Å². The molecule has 84 valence electrons. The monoisotopic (exact) mass is 198 g/mol. The molecule has 1 fully saturated rings. The van der Waals surface area contributed by atoms with Gasteiger partial charge in [0.2, 0.25) is 0 Å². The summed E-state index contributed by atoms with van der Waals surface area (Å²) in [5, 5.41) is 3.46. The predicted molar refractivity (Wildman–Crippen MR) is 62.7 cm³/mol. The zero-order valence-electron chi connectivity index (χ0n) is 9.89. The minimum absolute atomic E-state index is 0.829. The van der Waals surface area contributed by atoms with E-state index in [0.29, 0.717) is 0 Å². The molecular formula is C12H26N2. The Morgan fingerprint density at radius 3 is 2.86 bits per heavy atom. The first-order valence-corrected chi connectivity index (χ1v) is 6.29. The summed E-state index contributed by atoms with van der Waals surface area (Å²) in [6.07, 6.45) is 6.81. The van der Waals surface area contributed by atoms with Crippen molar-refractivity contribution in [1.29, 1.82) is 0 Å². The van der Waals surface area contributed by atoms with Crippen LogP contribution in [0.25, 0.3) is 0 Å². The molecule has 2 heteroatoms. The van der Waals surface area contributed by atoms with Gasteiger partial charge in [0.15, 0.2) is 0 Å². The third kappa shape index (κ3) is 4.43. The Kier molecular flexibility index (Phi) is 6.20. The molecule has 0 aliphatic carbocycles. The SMILES string of the molecule is CCCNCCCN1CCCCC1C. The van der Waals surface area contributed by atoms with Crippen molar-refractivity contribution in [2.24, 2.45) is 0 Å². The first kappa shape index (κ1) is 12.0. The third-order valence-electron chi connectivity index (χ3n) is 3.17. The lowest BCUT2D eigenvalue weighted by atomic mass is 10.0. The van der Waals surface area contributed by atoms with Gasteiger partial charge in [-0.15, -0.1) is 0 Å². The molecule has 1 rings (SSSR count). The Labute approximate surface area is 89.1 Å². The molecule has 14 heavy (non-hydrogen) atoms. The number of nitrogens with one attached hydrogen (secondary N) is 1. The Morgan fingerprint density at radius 1 is 1.29 bits per heavy atom. The van der Waals surface area contributed by atoms with Crippen LogP contribution in [0, 0.1) is 0 Å². The van der Waals surface area contributed by atoms with E-state index in [1.54, 1.807) is 0 Å². The van der Waals surface area contributed by atoms with Crippen molar-refractivity contribution in [3.63, 3.8) is 0 Å². The van der Waals surface area contributed by atoms with Gasteiger partial charge in [-0.1, -0.05) is 13.3 Å². The van der Waals surface area contributed by atoms with Crippen molar-refractivity contribution in [3.05, 3.63) is 0 Å². The van der Waals surface area contributed by atoms with Crippen LogP contribution in [0.5, 0.6) is 0 Å². The Hall–Kier alpha value is -0.0800. The lowest BCUT2D eigenvalue weighted by Gasteiger charge is -2.33. The molecule has 1 saturated heterocycles. The maximum absolute atomic E-state index is 3.46. The standard InChI is InChI=1S/C12H26N2/c1-3-8-13-9-6-11-14-10-5-4-7-12(14)2/h12-13H,3-11H2,1-2H3. The summed E-state index contributed by atoms with van der Waals surface area (Å²) in [6.45, 7) is 9.58. The number of nitrogens with zero attached hydrogens (tertiary/aromatic N) is 1. The highest BCUT2D eigenvalue weighted by atomic mass is 15.2. The maximum atomic E-state index is 3.46. The average Bonchev–Trinajstić information content (AvgIpc) is 2.20. The van der Waals surface area contributed by atoms with E-state index in [2.05, 4.69) is 24.1 Å². The largest absolute Gasteiger partial charge is 0.317 e. The Morgan fingerprint density at radius 2 is 2.14 bits per heavy atom. The fourth-order valence-electron chi connectivity index (χ4n) is 2.20. The first-order valence-electron chi connectivity index (χ1n) is 6.29. The van der Waals surface area contributed by atoms with Crippen LogP contribution in [0.1, 0.15) is 46.0 Å². The lowest BCUT2D eigenvalue weighted by Crippen LogP contribution is -2.38. The molecule has 1 aliphatic rings. The molecule has 1 atom stereocenters. The summed E-state index contributed by atoms with van der Waals surface area (Å²) < 4.78 is 0. The van der Waals surface area contributed by atoms with Crippen molar-refractivity contribution in [1.82, 2.24) is 10.2 Å². The predicted octanol–water partition coefficient (Wildman–Crippen LogP) is 2.25. The van der Waals surface area contributed by atoms with Crippen LogP contribution >= 0.6 is 0 Å². The van der Waals surface area contributed by atoms with Crippen LogP contribution in [0.2, 0.25) is 0 Å². The molecule has 0 aromatic carbocycles. The van der Waals surface area contributed by atoms with E-state index in [-0.39, 0.29) is 0 Å². The molecule has 2 nitrogen and oxygen atoms in total. The average molecular weight is 198 g/mol. The number of likely N-dealkylation sites (tertiary alicyclic amines) is 1. The quantitative estimate of drug-likeness (QED) is 0.659. The molecular weight excluding hydrogens is 172 g/mol. The number of hydrogen-bond donors (Lipinski definition) is 1. The van der Waals surface area contributed by atoms with Crippen LogP contribution in [0.3, 0.4) is 0 Å². The first-order chi connectivity index (χ1) is 6.84. The third-order valence-corrected chi connectivity index (χ3v) is 3.17. The highest BCUT2D eigenvalue weighted by Gasteiger charge is 2.16. The zero-order chi connectivity index (χ0) is 10.2. The van der Waals surface area contributed by atoms with Crippen LogP contribution < -0.4 is 5.32 Å². The van der Waals surface area contributed by atoms with E-state index in [1.165, 1.54) is 58.3 Å².